The number of carbonyl (C=O) groups excluding carboxylic acids is 1. The molecule has 3 aromatic rings. The van der Waals surface area contributed by atoms with Crippen molar-refractivity contribution in [1.82, 2.24) is 14.9 Å². The van der Waals surface area contributed by atoms with Crippen LogP contribution in [0, 0.1) is 6.92 Å². The minimum atomic E-state index is -3.99. The zero-order valence-corrected chi connectivity index (χ0v) is 14.8. The van der Waals surface area contributed by atoms with E-state index in [0.717, 1.165) is 0 Å². The molecule has 134 valence electrons. The molecule has 2 aromatic carbocycles. The smallest absolute Gasteiger partial charge is 0.264 e. The molecule has 0 bridgehead atoms. The van der Waals surface area contributed by atoms with Crippen molar-refractivity contribution in [3.63, 3.8) is 0 Å². The summed E-state index contributed by atoms with van der Waals surface area (Å²) in [7, 11) is -2.51. The lowest BCUT2D eigenvalue weighted by atomic mass is 10.1. The molecule has 0 aliphatic rings. The second-order valence-electron chi connectivity index (χ2n) is 5.32. The predicted octanol–water partition coefficient (Wildman–Crippen LogP) is 2.17. The Labute approximate surface area is 149 Å². The second kappa shape index (κ2) is 6.96. The molecule has 1 N–H and O–H groups in total. The molecule has 1 heterocycles. The van der Waals surface area contributed by atoms with Gasteiger partial charge in [-0.2, -0.15) is 4.98 Å². The number of benzene rings is 2. The SMILES string of the molecule is COc1ccc(S(=O)(=O)NC(=O)c2ccc(-c3noc(C)n3)cc2)cc1. The summed E-state index contributed by atoms with van der Waals surface area (Å²) in [6.07, 6.45) is 0. The topological polar surface area (TPSA) is 111 Å². The van der Waals surface area contributed by atoms with Gasteiger partial charge in [-0.1, -0.05) is 17.3 Å². The normalized spacial score (nSPS) is 11.2. The van der Waals surface area contributed by atoms with Gasteiger partial charge in [-0.3, -0.25) is 4.79 Å². The van der Waals surface area contributed by atoms with E-state index in [9.17, 15) is 13.2 Å². The Balaban J connectivity index is 1.76. The van der Waals surface area contributed by atoms with Crippen LogP contribution >= 0.6 is 0 Å². The van der Waals surface area contributed by atoms with Crippen molar-refractivity contribution in [2.45, 2.75) is 11.8 Å². The Hall–Kier alpha value is -3.20. The van der Waals surface area contributed by atoms with Crippen LogP contribution in [-0.2, 0) is 10.0 Å². The first-order chi connectivity index (χ1) is 12.4. The van der Waals surface area contributed by atoms with Gasteiger partial charge in [0.15, 0.2) is 0 Å². The van der Waals surface area contributed by atoms with E-state index in [2.05, 4.69) is 10.1 Å². The van der Waals surface area contributed by atoms with Gasteiger partial charge >= 0.3 is 0 Å². The molecule has 26 heavy (non-hydrogen) atoms. The van der Waals surface area contributed by atoms with Crippen LogP contribution in [0.5, 0.6) is 5.75 Å². The summed E-state index contributed by atoms with van der Waals surface area (Å²) in [5, 5.41) is 3.78. The molecule has 0 atom stereocenters. The van der Waals surface area contributed by atoms with Crippen LogP contribution in [0.2, 0.25) is 0 Å². The van der Waals surface area contributed by atoms with Crippen molar-refractivity contribution >= 4 is 15.9 Å². The zero-order chi connectivity index (χ0) is 18.7. The van der Waals surface area contributed by atoms with Gasteiger partial charge in [0, 0.05) is 18.1 Å². The first-order valence-electron chi connectivity index (χ1n) is 7.51. The average Bonchev–Trinajstić information content (AvgIpc) is 3.08. The van der Waals surface area contributed by atoms with Crippen LogP contribution < -0.4 is 9.46 Å². The first-order valence-corrected chi connectivity index (χ1v) is 8.99. The molecule has 0 saturated heterocycles. The van der Waals surface area contributed by atoms with Gasteiger partial charge in [-0.25, -0.2) is 13.1 Å². The van der Waals surface area contributed by atoms with Crippen molar-refractivity contribution in [1.29, 1.82) is 0 Å². The van der Waals surface area contributed by atoms with E-state index in [0.29, 0.717) is 23.0 Å². The number of hydrogen-bond acceptors (Lipinski definition) is 7. The Morgan fingerprint density at radius 3 is 2.27 bits per heavy atom. The molecule has 0 radical (unpaired) electrons. The fourth-order valence-electron chi connectivity index (χ4n) is 2.18. The standard InChI is InChI=1S/C17H15N3O5S/c1-11-18-16(19-25-11)12-3-5-13(6-4-12)17(21)20-26(22,23)15-9-7-14(24-2)8-10-15/h3-10H,1-2H3,(H,20,21). The molecule has 3 rings (SSSR count). The van der Waals surface area contributed by atoms with Gasteiger partial charge in [0.2, 0.25) is 11.7 Å². The Bertz CT molecular complexity index is 1030. The number of sulfonamides is 1. The molecule has 0 fully saturated rings. The van der Waals surface area contributed by atoms with E-state index < -0.39 is 15.9 Å². The number of rotatable bonds is 5. The molecular weight excluding hydrogens is 358 g/mol. The van der Waals surface area contributed by atoms with Crippen LogP contribution in [0.4, 0.5) is 0 Å². The number of nitrogens with one attached hydrogen (secondary N) is 1. The first kappa shape index (κ1) is 17.6. The minimum Gasteiger partial charge on any atom is -0.497 e. The van der Waals surface area contributed by atoms with Crippen molar-refractivity contribution in [3.05, 3.63) is 60.0 Å². The maximum absolute atomic E-state index is 12.3. The highest BCUT2D eigenvalue weighted by Gasteiger charge is 2.19. The summed E-state index contributed by atoms with van der Waals surface area (Å²) in [6, 6.07) is 11.9. The minimum absolute atomic E-state index is 0.0365. The lowest BCUT2D eigenvalue weighted by molar-refractivity contribution is 0.0981. The number of nitrogens with zero attached hydrogens (tertiary/aromatic N) is 2. The van der Waals surface area contributed by atoms with E-state index in [1.54, 1.807) is 19.1 Å². The van der Waals surface area contributed by atoms with Crippen LogP contribution in [0.3, 0.4) is 0 Å². The monoisotopic (exact) mass is 373 g/mol. The van der Waals surface area contributed by atoms with Gasteiger partial charge in [-0.15, -0.1) is 0 Å². The third kappa shape index (κ3) is 3.72. The van der Waals surface area contributed by atoms with Crippen molar-refractivity contribution in [2.24, 2.45) is 0 Å². The molecule has 1 aromatic heterocycles. The molecule has 1 amide bonds. The Morgan fingerprint density at radius 2 is 1.73 bits per heavy atom. The molecular formula is C17H15N3O5S. The van der Waals surface area contributed by atoms with Crippen LogP contribution in [-0.4, -0.2) is 31.6 Å². The molecule has 0 aliphatic heterocycles. The molecule has 0 aliphatic carbocycles. The summed E-state index contributed by atoms with van der Waals surface area (Å²) < 4.78 is 36.5. The third-order valence-electron chi connectivity index (χ3n) is 3.53. The van der Waals surface area contributed by atoms with Crippen molar-refractivity contribution < 1.29 is 22.5 Å². The predicted molar refractivity (Wildman–Crippen MR) is 92.1 cm³/mol. The number of amides is 1. The van der Waals surface area contributed by atoms with Gasteiger partial charge in [0.1, 0.15) is 5.75 Å². The summed E-state index contributed by atoms with van der Waals surface area (Å²) in [6.45, 7) is 1.67. The number of carbonyl (C=O) groups is 1. The van der Waals surface area contributed by atoms with Crippen LogP contribution in [0.15, 0.2) is 57.9 Å². The van der Waals surface area contributed by atoms with Gasteiger partial charge in [0.25, 0.3) is 15.9 Å². The van der Waals surface area contributed by atoms with E-state index in [1.165, 1.54) is 43.5 Å². The van der Waals surface area contributed by atoms with Crippen LogP contribution in [0.25, 0.3) is 11.4 Å². The highest BCUT2D eigenvalue weighted by atomic mass is 32.2. The maximum atomic E-state index is 12.3. The van der Waals surface area contributed by atoms with Gasteiger partial charge in [-0.05, 0) is 36.4 Å². The summed E-state index contributed by atoms with van der Waals surface area (Å²) in [4.78, 5) is 16.3. The van der Waals surface area contributed by atoms with E-state index in [-0.39, 0.29) is 10.5 Å². The maximum Gasteiger partial charge on any atom is 0.264 e. The highest BCUT2D eigenvalue weighted by molar-refractivity contribution is 7.90. The fraction of sp³-hybridized carbons (Fsp3) is 0.118. The zero-order valence-electron chi connectivity index (χ0n) is 14.0. The van der Waals surface area contributed by atoms with Crippen molar-refractivity contribution in [3.8, 4) is 17.1 Å². The third-order valence-corrected chi connectivity index (χ3v) is 4.88. The fourth-order valence-corrected chi connectivity index (χ4v) is 3.16. The Kier molecular flexibility index (Phi) is 4.72. The summed E-state index contributed by atoms with van der Waals surface area (Å²) in [5.41, 5.74) is 0.836. The summed E-state index contributed by atoms with van der Waals surface area (Å²) >= 11 is 0. The number of hydrogen-bond donors (Lipinski definition) is 1. The number of aromatic nitrogens is 2. The van der Waals surface area contributed by atoms with Gasteiger partial charge in [0.05, 0.1) is 12.0 Å². The van der Waals surface area contributed by atoms with Gasteiger partial charge < -0.3 is 9.26 Å². The Morgan fingerprint density at radius 1 is 1.08 bits per heavy atom. The summed E-state index contributed by atoms with van der Waals surface area (Å²) in [5.74, 6) is 0.590. The molecule has 8 nitrogen and oxygen atoms in total. The number of aryl methyl sites for hydroxylation is 1. The number of methoxy groups -OCH3 is 1. The lowest BCUT2D eigenvalue weighted by Gasteiger charge is -2.08. The highest BCUT2D eigenvalue weighted by Crippen LogP contribution is 2.18. The molecule has 0 spiro atoms. The molecule has 0 saturated carbocycles. The number of ether oxygens (including phenoxy) is 1. The molecule has 9 heteroatoms. The van der Waals surface area contributed by atoms with E-state index in [1.807, 2.05) is 4.72 Å². The van der Waals surface area contributed by atoms with E-state index >= 15 is 0 Å². The van der Waals surface area contributed by atoms with E-state index in [4.69, 9.17) is 9.26 Å². The largest absolute Gasteiger partial charge is 0.497 e. The molecule has 0 unspecified atom stereocenters. The average molecular weight is 373 g/mol. The van der Waals surface area contributed by atoms with Crippen LogP contribution in [0.1, 0.15) is 16.2 Å². The quantitative estimate of drug-likeness (QED) is 0.729. The lowest BCUT2D eigenvalue weighted by Crippen LogP contribution is -2.30. The van der Waals surface area contributed by atoms with Crippen molar-refractivity contribution in [2.75, 3.05) is 7.11 Å². The second-order valence-corrected chi connectivity index (χ2v) is 7.01.